The van der Waals surface area contributed by atoms with Crippen molar-refractivity contribution in [2.24, 2.45) is 11.7 Å². The molecule has 10 heteroatoms. The van der Waals surface area contributed by atoms with Crippen molar-refractivity contribution >= 4 is 27.7 Å². The summed E-state index contributed by atoms with van der Waals surface area (Å²) in [5, 5.41) is 3.83. The molecule has 1 unspecified atom stereocenters. The lowest BCUT2D eigenvalue weighted by Gasteiger charge is -2.43. The Labute approximate surface area is 243 Å². The Kier molecular flexibility index (Phi) is 10.5. The van der Waals surface area contributed by atoms with E-state index >= 15 is 0 Å². The summed E-state index contributed by atoms with van der Waals surface area (Å²) in [4.78, 5) is 26.6. The molecule has 0 aliphatic heterocycles. The highest BCUT2D eigenvalue weighted by Gasteiger charge is 2.47. The van der Waals surface area contributed by atoms with Crippen LogP contribution in [0.1, 0.15) is 70.2 Å². The first-order valence-corrected chi connectivity index (χ1v) is 15.7. The average Bonchev–Trinajstić information content (AvgIpc) is 3.23. The predicted octanol–water partition coefficient (Wildman–Crippen LogP) is 5.71. The number of unbranched alkanes of at least 4 members (excludes halogenated alkanes) is 1. The molecule has 0 radical (unpaired) electrons. The summed E-state index contributed by atoms with van der Waals surface area (Å²) in [5.41, 5.74) is 9.22. The number of sulfonamides is 1. The third-order valence-electron chi connectivity index (χ3n) is 7.61. The number of primary amides is 1. The normalized spacial score (nSPS) is 14.0. The summed E-state index contributed by atoms with van der Waals surface area (Å²) in [6.07, 6.45) is 2.72. The number of nitrogens with zero attached hydrogens (tertiary/aromatic N) is 2. The third kappa shape index (κ3) is 7.05. The van der Waals surface area contributed by atoms with Crippen molar-refractivity contribution in [3.8, 4) is 11.1 Å². The lowest BCUT2D eigenvalue weighted by Crippen LogP contribution is -2.65. The van der Waals surface area contributed by atoms with Gasteiger partial charge in [-0.3, -0.25) is 4.79 Å². The SMILES string of the molecule is CCCCC(=O)[N+](CCC)(Cc1ccc(-c2ccccc2S(=O)(=O)Nc2onc(C)c2C)cc1)[C@H](C(N)=O)C(C)C. The van der Waals surface area contributed by atoms with Gasteiger partial charge in [0.25, 0.3) is 15.9 Å². The number of hydrogen-bond acceptors (Lipinski definition) is 6. The highest BCUT2D eigenvalue weighted by molar-refractivity contribution is 7.92. The summed E-state index contributed by atoms with van der Waals surface area (Å²) in [6, 6.07) is 13.6. The molecular weight excluding hydrogens is 540 g/mol. The zero-order valence-electron chi connectivity index (χ0n) is 24.9. The summed E-state index contributed by atoms with van der Waals surface area (Å²) in [7, 11) is -3.98. The summed E-state index contributed by atoms with van der Waals surface area (Å²) in [6.45, 7) is 12.2. The van der Waals surface area contributed by atoms with Crippen molar-refractivity contribution in [3.05, 3.63) is 65.4 Å². The van der Waals surface area contributed by atoms with Crippen LogP contribution in [0.15, 0.2) is 57.9 Å². The fraction of sp³-hybridized carbons (Fsp3) is 0.452. The number of rotatable bonds is 14. The molecule has 3 aromatic rings. The molecule has 41 heavy (non-hydrogen) atoms. The van der Waals surface area contributed by atoms with E-state index in [0.29, 0.717) is 41.9 Å². The van der Waals surface area contributed by atoms with E-state index < -0.39 is 22.0 Å². The highest BCUT2D eigenvalue weighted by Crippen LogP contribution is 2.32. The van der Waals surface area contributed by atoms with Gasteiger partial charge in [-0.15, -0.1) is 0 Å². The molecule has 2 atom stereocenters. The number of anilines is 1. The maximum absolute atomic E-state index is 13.8. The van der Waals surface area contributed by atoms with E-state index in [9.17, 15) is 18.0 Å². The van der Waals surface area contributed by atoms with E-state index in [1.54, 1.807) is 38.1 Å². The van der Waals surface area contributed by atoms with E-state index in [1.165, 1.54) is 0 Å². The average molecular weight is 584 g/mol. The zero-order valence-corrected chi connectivity index (χ0v) is 25.8. The van der Waals surface area contributed by atoms with Crippen molar-refractivity contribution in [1.82, 2.24) is 5.16 Å². The van der Waals surface area contributed by atoms with Crippen LogP contribution in [-0.2, 0) is 26.2 Å². The van der Waals surface area contributed by atoms with Gasteiger partial charge >= 0.3 is 5.91 Å². The van der Waals surface area contributed by atoms with Gasteiger partial charge < -0.3 is 10.3 Å². The van der Waals surface area contributed by atoms with Crippen LogP contribution in [0.2, 0.25) is 0 Å². The smallest absolute Gasteiger partial charge is 0.314 e. The number of amides is 2. The van der Waals surface area contributed by atoms with Gasteiger partial charge in [0.15, 0.2) is 6.04 Å². The first-order chi connectivity index (χ1) is 19.4. The molecule has 2 amide bonds. The van der Waals surface area contributed by atoms with Gasteiger partial charge in [0.1, 0.15) is 6.54 Å². The quantitative estimate of drug-likeness (QED) is 0.234. The minimum Gasteiger partial charge on any atom is -0.364 e. The predicted molar refractivity (Wildman–Crippen MR) is 160 cm³/mol. The topological polar surface area (TPSA) is 132 Å². The molecule has 1 heterocycles. The molecule has 0 spiro atoms. The van der Waals surface area contributed by atoms with E-state index in [4.69, 9.17) is 10.3 Å². The van der Waals surface area contributed by atoms with E-state index in [0.717, 1.165) is 24.8 Å². The molecule has 0 fully saturated rings. The summed E-state index contributed by atoms with van der Waals surface area (Å²) < 4.78 is 34.4. The number of quaternary nitrogens is 1. The second-order valence-corrected chi connectivity index (χ2v) is 12.7. The van der Waals surface area contributed by atoms with Crippen LogP contribution in [0, 0.1) is 19.8 Å². The van der Waals surface area contributed by atoms with Crippen molar-refractivity contribution in [2.45, 2.75) is 84.7 Å². The fourth-order valence-corrected chi connectivity index (χ4v) is 6.80. The van der Waals surface area contributed by atoms with Gasteiger partial charge in [-0.1, -0.05) is 81.7 Å². The van der Waals surface area contributed by atoms with Gasteiger partial charge in [-0.05, 0) is 38.3 Å². The van der Waals surface area contributed by atoms with Gasteiger partial charge in [0.05, 0.1) is 23.6 Å². The first-order valence-electron chi connectivity index (χ1n) is 14.2. The van der Waals surface area contributed by atoms with E-state index in [1.807, 2.05) is 52.0 Å². The van der Waals surface area contributed by atoms with Crippen LogP contribution in [0.3, 0.4) is 0 Å². The van der Waals surface area contributed by atoms with Gasteiger partial charge in [-0.2, -0.15) is 0 Å². The molecule has 0 saturated carbocycles. The zero-order chi connectivity index (χ0) is 30.4. The Morgan fingerprint density at radius 1 is 1.02 bits per heavy atom. The molecule has 0 saturated heterocycles. The van der Waals surface area contributed by atoms with Crippen LogP contribution in [0.5, 0.6) is 0 Å². The first kappa shape index (κ1) is 32.0. The lowest BCUT2D eigenvalue weighted by molar-refractivity contribution is -0.887. The molecule has 9 nitrogen and oxygen atoms in total. The number of carbonyl (C=O) groups excluding carboxylic acids is 2. The third-order valence-corrected chi connectivity index (χ3v) is 9.00. The van der Waals surface area contributed by atoms with Crippen molar-refractivity contribution in [2.75, 3.05) is 11.3 Å². The van der Waals surface area contributed by atoms with Gasteiger partial charge in [0.2, 0.25) is 5.88 Å². The Bertz CT molecular complexity index is 1460. The summed E-state index contributed by atoms with van der Waals surface area (Å²) in [5.74, 6) is -0.487. The van der Waals surface area contributed by atoms with Crippen LogP contribution in [0.25, 0.3) is 11.1 Å². The van der Waals surface area contributed by atoms with Crippen LogP contribution < -0.4 is 10.5 Å². The Balaban J connectivity index is 2.01. The highest BCUT2D eigenvalue weighted by atomic mass is 32.2. The Hall–Kier alpha value is -3.50. The van der Waals surface area contributed by atoms with Crippen molar-refractivity contribution in [3.63, 3.8) is 0 Å². The number of hydrogen-bond donors (Lipinski definition) is 2. The standard InChI is InChI=1S/C31H42N4O5S/c1-7-9-14-28(36)35(19-8-2,29(21(3)4)30(32)37)20-24-15-17-25(18-16-24)26-12-10-11-13-27(26)41(38,39)34-31-22(5)23(6)33-40-31/h10-13,15-18,21,29H,7-9,14,19-20H2,1-6H3,(H2-,32,33,34,37)/p+1/t29-,35?/m0/s1. The molecule has 2 aromatic carbocycles. The van der Waals surface area contributed by atoms with Crippen LogP contribution in [-0.4, -0.2) is 42.5 Å². The lowest BCUT2D eigenvalue weighted by atomic mass is 9.95. The molecular formula is C31H43N4O5S+. The largest absolute Gasteiger partial charge is 0.364 e. The maximum atomic E-state index is 13.8. The second kappa shape index (κ2) is 13.4. The summed E-state index contributed by atoms with van der Waals surface area (Å²) >= 11 is 0. The number of aryl methyl sites for hydroxylation is 1. The second-order valence-electron chi connectivity index (χ2n) is 11.0. The number of carbonyl (C=O) groups is 2. The van der Waals surface area contributed by atoms with Gasteiger partial charge in [-0.25, -0.2) is 22.4 Å². The molecule has 0 aliphatic rings. The van der Waals surface area contributed by atoms with Crippen molar-refractivity contribution in [1.29, 1.82) is 0 Å². The minimum absolute atomic E-state index is 0.0202. The van der Waals surface area contributed by atoms with Crippen LogP contribution >= 0.6 is 0 Å². The fourth-order valence-electron chi connectivity index (χ4n) is 5.52. The minimum atomic E-state index is -3.98. The molecule has 3 rings (SSSR count). The number of nitrogens with two attached hydrogens (primary N) is 1. The molecule has 0 aliphatic carbocycles. The van der Waals surface area contributed by atoms with Crippen LogP contribution in [0.4, 0.5) is 5.88 Å². The molecule has 1 aromatic heterocycles. The Morgan fingerprint density at radius 2 is 1.68 bits per heavy atom. The monoisotopic (exact) mass is 583 g/mol. The molecule has 3 N–H and O–H groups in total. The number of benzene rings is 2. The maximum Gasteiger partial charge on any atom is 0.314 e. The Morgan fingerprint density at radius 3 is 2.22 bits per heavy atom. The van der Waals surface area contributed by atoms with Crippen molar-refractivity contribution < 1.29 is 27.0 Å². The van der Waals surface area contributed by atoms with E-state index in [-0.39, 0.29) is 27.1 Å². The number of nitrogens with one attached hydrogen (secondary N) is 1. The van der Waals surface area contributed by atoms with Gasteiger partial charge in [0, 0.05) is 22.6 Å². The van der Waals surface area contributed by atoms with E-state index in [2.05, 4.69) is 9.88 Å². The molecule has 222 valence electrons. The molecule has 0 bridgehead atoms. The number of aromatic nitrogens is 1.